The van der Waals surface area contributed by atoms with E-state index in [1.165, 1.54) is 48.4 Å². The number of rotatable bonds is 7. The number of halogens is 1. The summed E-state index contributed by atoms with van der Waals surface area (Å²) >= 11 is 2.62. The molecule has 4 rings (SSSR count). The van der Waals surface area contributed by atoms with Gasteiger partial charge in [-0.05, 0) is 24.6 Å². The monoisotopic (exact) mass is 445 g/mol. The molecular formula is C20H16FN3O4S2. The molecule has 1 aliphatic rings. The average Bonchev–Trinajstić information content (AvgIpc) is 3.48. The molecular weight excluding hydrogens is 429 g/mol. The molecule has 0 aliphatic carbocycles. The third-order valence-electron chi connectivity index (χ3n) is 4.43. The standard InChI is InChI=1S/C20H16FN3O4S2/c1-2-10-29-20-23-22-19(30-20)24-15(11-6-3-4-7-12(11)21)14(17(26)18(24)27)16(25)13-8-5-9-28-13/h3-9,15,26H,2,10H2,1H3/t15-/m1/s1. The van der Waals surface area contributed by atoms with Crippen LogP contribution in [0.5, 0.6) is 0 Å². The van der Waals surface area contributed by atoms with Crippen molar-refractivity contribution >= 4 is 39.9 Å². The van der Waals surface area contributed by atoms with Crippen molar-refractivity contribution in [1.29, 1.82) is 0 Å². The second-order valence-corrected chi connectivity index (χ2v) is 8.66. The van der Waals surface area contributed by atoms with Gasteiger partial charge in [-0.25, -0.2) is 4.39 Å². The van der Waals surface area contributed by atoms with E-state index in [2.05, 4.69) is 10.2 Å². The SMILES string of the molecule is CCCSc1nnc(N2C(=O)C(O)=C(C(=O)c3ccco3)[C@H]2c2ccccc2F)s1. The highest BCUT2D eigenvalue weighted by Gasteiger charge is 2.47. The van der Waals surface area contributed by atoms with E-state index in [9.17, 15) is 19.1 Å². The molecule has 154 valence electrons. The summed E-state index contributed by atoms with van der Waals surface area (Å²) in [5.74, 6) is -2.17. The number of nitrogens with zero attached hydrogens (tertiary/aromatic N) is 3. The Bertz CT molecular complexity index is 1130. The second kappa shape index (κ2) is 8.41. The van der Waals surface area contributed by atoms with E-state index in [0.717, 1.165) is 28.4 Å². The van der Waals surface area contributed by atoms with E-state index in [-0.39, 0.29) is 22.0 Å². The Morgan fingerprint density at radius 1 is 1.30 bits per heavy atom. The maximum atomic E-state index is 14.7. The summed E-state index contributed by atoms with van der Waals surface area (Å²) in [5.41, 5.74) is -0.208. The van der Waals surface area contributed by atoms with Gasteiger partial charge in [-0.3, -0.25) is 14.5 Å². The van der Waals surface area contributed by atoms with Gasteiger partial charge in [0.05, 0.1) is 11.8 Å². The number of amides is 1. The number of Topliss-reactive ketones (excluding diaryl/α,β-unsaturated/α-hetero) is 1. The molecule has 2 aromatic heterocycles. The summed E-state index contributed by atoms with van der Waals surface area (Å²) in [6, 6.07) is 7.51. The molecule has 1 atom stereocenters. The lowest BCUT2D eigenvalue weighted by Gasteiger charge is -2.24. The van der Waals surface area contributed by atoms with Gasteiger partial charge in [0.15, 0.2) is 15.9 Å². The van der Waals surface area contributed by atoms with Gasteiger partial charge in [-0.1, -0.05) is 48.2 Å². The Kier molecular flexibility index (Phi) is 5.69. The highest BCUT2D eigenvalue weighted by atomic mass is 32.2. The number of aliphatic hydroxyl groups is 1. The Balaban J connectivity index is 1.82. The molecule has 0 spiro atoms. The highest BCUT2D eigenvalue weighted by Crippen LogP contribution is 2.44. The molecule has 0 saturated heterocycles. The summed E-state index contributed by atoms with van der Waals surface area (Å²) < 4.78 is 20.5. The first-order valence-electron chi connectivity index (χ1n) is 9.08. The van der Waals surface area contributed by atoms with Crippen LogP contribution in [0, 0.1) is 5.82 Å². The number of hydrogen-bond donors (Lipinski definition) is 1. The largest absolute Gasteiger partial charge is 0.503 e. The number of carbonyl (C=O) groups excluding carboxylic acids is 2. The van der Waals surface area contributed by atoms with Crippen molar-refractivity contribution < 1.29 is 23.5 Å². The van der Waals surface area contributed by atoms with Crippen LogP contribution in [0.3, 0.4) is 0 Å². The number of benzene rings is 1. The Hall–Kier alpha value is -2.98. The minimum Gasteiger partial charge on any atom is -0.503 e. The fraction of sp³-hybridized carbons (Fsp3) is 0.200. The second-order valence-electron chi connectivity index (χ2n) is 6.37. The highest BCUT2D eigenvalue weighted by molar-refractivity contribution is 8.01. The van der Waals surface area contributed by atoms with Gasteiger partial charge in [-0.15, -0.1) is 10.2 Å². The average molecular weight is 445 g/mol. The molecule has 1 aromatic carbocycles. The number of ketones is 1. The minimum absolute atomic E-state index is 0.0581. The van der Waals surface area contributed by atoms with Gasteiger partial charge in [0.25, 0.3) is 5.91 Å². The molecule has 3 aromatic rings. The number of furan rings is 1. The number of aromatic nitrogens is 2. The first-order valence-corrected chi connectivity index (χ1v) is 10.9. The van der Waals surface area contributed by atoms with Crippen molar-refractivity contribution in [2.24, 2.45) is 0 Å². The zero-order chi connectivity index (χ0) is 21.3. The van der Waals surface area contributed by atoms with E-state index in [1.807, 2.05) is 6.92 Å². The third kappa shape index (κ3) is 3.52. The number of hydrogen-bond acceptors (Lipinski definition) is 8. The normalized spacial score (nSPS) is 16.5. The van der Waals surface area contributed by atoms with Gasteiger partial charge in [-0.2, -0.15) is 0 Å². The lowest BCUT2D eigenvalue weighted by molar-refractivity contribution is -0.117. The quantitative estimate of drug-likeness (QED) is 0.324. The van der Waals surface area contributed by atoms with Gasteiger partial charge >= 0.3 is 0 Å². The van der Waals surface area contributed by atoms with Gasteiger partial charge in [0, 0.05) is 11.3 Å². The first kappa shape index (κ1) is 20.3. The number of anilines is 1. The van der Waals surface area contributed by atoms with Crippen LogP contribution >= 0.6 is 23.1 Å². The van der Waals surface area contributed by atoms with E-state index >= 15 is 0 Å². The van der Waals surface area contributed by atoms with Crippen molar-refractivity contribution in [3.63, 3.8) is 0 Å². The fourth-order valence-electron chi connectivity index (χ4n) is 3.11. The molecule has 3 heterocycles. The number of aliphatic hydroxyl groups excluding tert-OH is 1. The molecule has 0 unspecified atom stereocenters. The maximum absolute atomic E-state index is 14.7. The summed E-state index contributed by atoms with van der Waals surface area (Å²) in [4.78, 5) is 27.1. The predicted octanol–water partition coefficient (Wildman–Crippen LogP) is 4.56. The zero-order valence-corrected chi connectivity index (χ0v) is 17.4. The fourth-order valence-corrected chi connectivity index (χ4v) is 4.91. The van der Waals surface area contributed by atoms with Crippen LogP contribution in [0.4, 0.5) is 9.52 Å². The lowest BCUT2D eigenvalue weighted by Crippen LogP contribution is -2.31. The first-order chi connectivity index (χ1) is 14.5. The number of thioether (sulfide) groups is 1. The Morgan fingerprint density at radius 2 is 2.10 bits per heavy atom. The Labute approximate surface area is 179 Å². The maximum Gasteiger partial charge on any atom is 0.296 e. The summed E-state index contributed by atoms with van der Waals surface area (Å²) in [6.45, 7) is 2.03. The van der Waals surface area contributed by atoms with Gasteiger partial charge in [0.2, 0.25) is 10.9 Å². The molecule has 30 heavy (non-hydrogen) atoms. The Morgan fingerprint density at radius 3 is 2.80 bits per heavy atom. The molecule has 1 aliphatic heterocycles. The van der Waals surface area contributed by atoms with Gasteiger partial charge in [0.1, 0.15) is 11.9 Å². The third-order valence-corrected chi connectivity index (χ3v) is 6.69. The van der Waals surface area contributed by atoms with Crippen LogP contribution in [0.15, 0.2) is 62.8 Å². The van der Waals surface area contributed by atoms with Gasteiger partial charge < -0.3 is 9.52 Å². The minimum atomic E-state index is -1.20. The van der Waals surface area contributed by atoms with E-state index in [0.29, 0.717) is 4.34 Å². The molecule has 10 heteroatoms. The van der Waals surface area contributed by atoms with Crippen LogP contribution in [-0.4, -0.2) is 32.7 Å². The van der Waals surface area contributed by atoms with Crippen LogP contribution in [0.1, 0.15) is 35.5 Å². The molecule has 1 amide bonds. The molecule has 0 bridgehead atoms. The van der Waals surface area contributed by atoms with Crippen molar-refractivity contribution in [1.82, 2.24) is 10.2 Å². The topological polar surface area (TPSA) is 96.5 Å². The lowest BCUT2D eigenvalue weighted by atomic mass is 9.95. The van der Waals surface area contributed by atoms with Crippen LogP contribution in [0.25, 0.3) is 0 Å². The van der Waals surface area contributed by atoms with Crippen molar-refractivity contribution in [3.8, 4) is 0 Å². The predicted molar refractivity (Wildman–Crippen MR) is 110 cm³/mol. The smallest absolute Gasteiger partial charge is 0.296 e. The van der Waals surface area contributed by atoms with Crippen molar-refractivity contribution in [2.45, 2.75) is 23.7 Å². The summed E-state index contributed by atoms with van der Waals surface area (Å²) in [5, 5.41) is 18.9. The van der Waals surface area contributed by atoms with Crippen LogP contribution < -0.4 is 4.90 Å². The zero-order valence-electron chi connectivity index (χ0n) is 15.7. The van der Waals surface area contributed by atoms with E-state index in [4.69, 9.17) is 4.42 Å². The molecule has 1 N–H and O–H groups in total. The van der Waals surface area contributed by atoms with E-state index < -0.39 is 29.3 Å². The molecule has 7 nitrogen and oxygen atoms in total. The molecule has 0 radical (unpaired) electrons. The summed E-state index contributed by atoms with van der Waals surface area (Å²) in [7, 11) is 0. The van der Waals surface area contributed by atoms with Crippen molar-refractivity contribution in [2.75, 3.05) is 10.7 Å². The number of carbonyl (C=O) groups is 2. The summed E-state index contributed by atoms with van der Waals surface area (Å²) in [6.07, 6.45) is 2.24. The molecule has 0 fully saturated rings. The van der Waals surface area contributed by atoms with Crippen LogP contribution in [0.2, 0.25) is 0 Å². The van der Waals surface area contributed by atoms with Crippen LogP contribution in [-0.2, 0) is 4.79 Å². The van der Waals surface area contributed by atoms with Crippen molar-refractivity contribution in [3.05, 3.63) is 71.1 Å². The molecule has 0 saturated carbocycles. The van der Waals surface area contributed by atoms with E-state index in [1.54, 1.807) is 6.07 Å².